The normalized spacial score (nSPS) is 13.7. The molecule has 0 aromatic heterocycles. The van der Waals surface area contributed by atoms with Crippen LogP contribution in [0.1, 0.15) is 58.9 Å². The quantitative estimate of drug-likeness (QED) is 0.0820. The van der Waals surface area contributed by atoms with E-state index in [9.17, 15) is 24.3 Å². The SMILES string of the molecule is O=C(NCCCC[C@H](NC(=O)OCC1c2ccccc2-c2ccccc21)C(=O)N[C@@H](Cc1ccccc1)C(=O)O)OCC1c2ccccc2-c2ccccc21. The minimum Gasteiger partial charge on any atom is -0.480 e. The molecule has 2 aliphatic rings. The fourth-order valence-electron chi connectivity index (χ4n) is 7.69. The van der Waals surface area contributed by atoms with Gasteiger partial charge in [0, 0.05) is 24.8 Å². The molecule has 0 fully saturated rings. The van der Waals surface area contributed by atoms with Gasteiger partial charge < -0.3 is 30.5 Å². The first kappa shape index (κ1) is 36.9. The smallest absolute Gasteiger partial charge is 0.407 e. The summed E-state index contributed by atoms with van der Waals surface area (Å²) in [4.78, 5) is 51.8. The number of nitrogens with one attached hydrogen (secondary N) is 3. The van der Waals surface area contributed by atoms with Gasteiger partial charge in [0.1, 0.15) is 25.3 Å². The number of ether oxygens (including phenoxy) is 2. The van der Waals surface area contributed by atoms with E-state index in [4.69, 9.17) is 9.47 Å². The van der Waals surface area contributed by atoms with E-state index in [1.807, 2.05) is 78.9 Å². The Hall–Kier alpha value is -6.42. The van der Waals surface area contributed by atoms with Crippen molar-refractivity contribution in [1.82, 2.24) is 16.0 Å². The lowest BCUT2D eigenvalue weighted by Gasteiger charge is -2.22. The molecule has 0 saturated carbocycles. The number of hydrogen-bond donors (Lipinski definition) is 4. The minimum absolute atomic E-state index is 0.0575. The van der Waals surface area contributed by atoms with E-state index in [0.29, 0.717) is 12.8 Å². The van der Waals surface area contributed by atoms with E-state index in [0.717, 1.165) is 50.1 Å². The third-order valence-electron chi connectivity index (χ3n) is 10.4. The summed E-state index contributed by atoms with van der Waals surface area (Å²) in [6.07, 6.45) is -0.162. The summed E-state index contributed by atoms with van der Waals surface area (Å²) in [5, 5.41) is 18.0. The average molecular weight is 738 g/mol. The van der Waals surface area contributed by atoms with Gasteiger partial charge >= 0.3 is 18.2 Å². The van der Waals surface area contributed by atoms with Crippen molar-refractivity contribution in [3.63, 3.8) is 0 Å². The van der Waals surface area contributed by atoms with E-state index in [2.05, 4.69) is 40.2 Å². The van der Waals surface area contributed by atoms with Crippen molar-refractivity contribution < 1.29 is 33.8 Å². The summed E-state index contributed by atoms with van der Waals surface area (Å²) in [6, 6.07) is 39.0. The van der Waals surface area contributed by atoms with Crippen molar-refractivity contribution >= 4 is 24.1 Å². The zero-order chi connectivity index (χ0) is 38.1. The molecular formula is C45H43N3O7. The zero-order valence-corrected chi connectivity index (χ0v) is 30.3. The molecule has 0 bridgehead atoms. The molecular weight excluding hydrogens is 695 g/mol. The maximum absolute atomic E-state index is 13.6. The summed E-state index contributed by atoms with van der Waals surface area (Å²) >= 11 is 0. The molecule has 0 unspecified atom stereocenters. The van der Waals surface area contributed by atoms with Crippen LogP contribution >= 0.6 is 0 Å². The highest BCUT2D eigenvalue weighted by atomic mass is 16.6. The van der Waals surface area contributed by atoms with Crippen molar-refractivity contribution in [1.29, 1.82) is 0 Å². The standard InChI is InChI=1S/C45H43N3O7/c49-42(47-41(43(50)51)26-29-14-2-1-3-15-29)40(48-45(53)55-28-39-36-22-10-6-18-32(36)33-19-7-11-23-37(33)39)24-12-13-25-46-44(52)54-27-38-34-20-8-4-16-30(34)31-17-5-9-21-35(31)38/h1-11,14-23,38-41H,12-13,24-28H2,(H,46,52)(H,47,49)(H,48,53)(H,50,51)/t40-,41-/m0/s1. The maximum Gasteiger partial charge on any atom is 0.407 e. The van der Waals surface area contributed by atoms with Gasteiger partial charge in [0.25, 0.3) is 0 Å². The van der Waals surface area contributed by atoms with Crippen LogP contribution in [0.2, 0.25) is 0 Å². The molecule has 55 heavy (non-hydrogen) atoms. The van der Waals surface area contributed by atoms with E-state index in [1.54, 1.807) is 24.3 Å². The molecule has 10 heteroatoms. The summed E-state index contributed by atoms with van der Waals surface area (Å²) in [7, 11) is 0. The molecule has 0 radical (unpaired) electrons. The molecule has 3 amide bonds. The number of carbonyl (C=O) groups excluding carboxylic acids is 3. The van der Waals surface area contributed by atoms with Crippen LogP contribution in [-0.4, -0.2) is 61.0 Å². The number of aliphatic carboxylic acids is 1. The maximum atomic E-state index is 13.6. The van der Waals surface area contributed by atoms with E-state index >= 15 is 0 Å². The third kappa shape index (κ3) is 8.54. The topological polar surface area (TPSA) is 143 Å². The van der Waals surface area contributed by atoms with Crippen molar-refractivity contribution in [3.05, 3.63) is 155 Å². The molecule has 10 nitrogen and oxygen atoms in total. The summed E-state index contributed by atoms with van der Waals surface area (Å²) in [6.45, 7) is 0.533. The van der Waals surface area contributed by atoms with Crippen LogP contribution in [0, 0.1) is 0 Å². The van der Waals surface area contributed by atoms with Gasteiger partial charge in [-0.3, -0.25) is 4.79 Å². The number of unbranched alkanes of at least 4 members (excludes halogenated alkanes) is 1. The number of rotatable bonds is 15. The molecule has 0 heterocycles. The predicted octanol–water partition coefficient (Wildman–Crippen LogP) is 7.41. The number of carboxylic acids is 1. The number of fused-ring (bicyclic) bond motifs is 6. The van der Waals surface area contributed by atoms with Crippen molar-refractivity contribution in [2.75, 3.05) is 19.8 Å². The molecule has 280 valence electrons. The van der Waals surface area contributed by atoms with Crippen LogP contribution < -0.4 is 16.0 Å². The van der Waals surface area contributed by atoms with Crippen molar-refractivity contribution in [2.24, 2.45) is 0 Å². The number of hydrogen-bond acceptors (Lipinski definition) is 6. The van der Waals surface area contributed by atoms with Gasteiger partial charge in [-0.05, 0) is 69.3 Å². The van der Waals surface area contributed by atoms with Crippen LogP contribution in [0.25, 0.3) is 22.3 Å². The molecule has 0 spiro atoms. The molecule has 2 atom stereocenters. The Labute approximate surface area is 319 Å². The Kier molecular flexibility index (Phi) is 11.5. The second-order valence-electron chi connectivity index (χ2n) is 13.9. The number of amides is 3. The van der Waals surface area contributed by atoms with E-state index < -0.39 is 36.1 Å². The molecule has 0 aliphatic heterocycles. The van der Waals surface area contributed by atoms with Gasteiger partial charge in [-0.15, -0.1) is 0 Å². The largest absolute Gasteiger partial charge is 0.480 e. The first-order valence-corrected chi connectivity index (χ1v) is 18.6. The van der Waals surface area contributed by atoms with Gasteiger partial charge in [0.15, 0.2) is 0 Å². The lowest BCUT2D eigenvalue weighted by Crippen LogP contribution is -2.52. The van der Waals surface area contributed by atoms with Crippen molar-refractivity contribution in [3.8, 4) is 22.3 Å². The second kappa shape index (κ2) is 17.2. The first-order valence-electron chi connectivity index (χ1n) is 18.6. The van der Waals surface area contributed by atoms with Crippen molar-refractivity contribution in [2.45, 2.75) is 49.6 Å². The Morgan fingerprint density at radius 1 is 0.545 bits per heavy atom. The van der Waals surface area contributed by atoms with Crippen LogP contribution in [0.5, 0.6) is 0 Å². The predicted molar refractivity (Wildman–Crippen MR) is 209 cm³/mol. The fraction of sp³-hybridized carbons (Fsp3) is 0.244. The Morgan fingerprint density at radius 2 is 1.00 bits per heavy atom. The Balaban J connectivity index is 0.939. The summed E-state index contributed by atoms with van der Waals surface area (Å²) in [5.41, 5.74) is 9.58. The highest BCUT2D eigenvalue weighted by Gasteiger charge is 2.32. The van der Waals surface area contributed by atoms with Crippen LogP contribution in [-0.2, 0) is 25.5 Å². The molecule has 4 N–H and O–H groups in total. The van der Waals surface area contributed by atoms with E-state index in [1.165, 1.54) is 0 Å². The average Bonchev–Trinajstić information content (AvgIpc) is 3.71. The number of carboxylic acid groups (broad SMARTS) is 1. The van der Waals surface area contributed by atoms with E-state index in [-0.39, 0.29) is 44.4 Å². The number of benzene rings is 5. The van der Waals surface area contributed by atoms with Crippen LogP contribution in [0.15, 0.2) is 127 Å². The fourth-order valence-corrected chi connectivity index (χ4v) is 7.69. The Bertz CT molecular complexity index is 2080. The second-order valence-corrected chi connectivity index (χ2v) is 13.9. The third-order valence-corrected chi connectivity index (χ3v) is 10.4. The van der Waals surface area contributed by atoms with Gasteiger partial charge in [-0.2, -0.15) is 0 Å². The highest BCUT2D eigenvalue weighted by Crippen LogP contribution is 2.45. The van der Waals surface area contributed by atoms with Gasteiger partial charge in [0.2, 0.25) is 5.91 Å². The van der Waals surface area contributed by atoms with Crippen LogP contribution in [0.4, 0.5) is 9.59 Å². The van der Waals surface area contributed by atoms with Gasteiger partial charge in [0.05, 0.1) is 0 Å². The molecule has 7 rings (SSSR count). The molecule has 2 aliphatic carbocycles. The molecule has 5 aromatic carbocycles. The summed E-state index contributed by atoms with van der Waals surface area (Å²) in [5.74, 6) is -2.06. The summed E-state index contributed by atoms with van der Waals surface area (Å²) < 4.78 is 11.4. The molecule has 0 saturated heterocycles. The lowest BCUT2D eigenvalue weighted by atomic mass is 9.98. The monoisotopic (exact) mass is 737 g/mol. The minimum atomic E-state index is -1.21. The zero-order valence-electron chi connectivity index (χ0n) is 30.3. The lowest BCUT2D eigenvalue weighted by molar-refractivity contribution is -0.142. The first-order chi connectivity index (χ1) is 26.9. The number of alkyl carbamates (subject to hydrolysis) is 2. The van der Waals surface area contributed by atoms with Crippen LogP contribution in [0.3, 0.4) is 0 Å². The number of carbonyl (C=O) groups is 4. The molecule has 5 aromatic rings. The Morgan fingerprint density at radius 3 is 1.49 bits per heavy atom. The van der Waals surface area contributed by atoms with Gasteiger partial charge in [-0.25, -0.2) is 14.4 Å². The highest BCUT2D eigenvalue weighted by molar-refractivity contribution is 5.89. The van der Waals surface area contributed by atoms with Gasteiger partial charge in [-0.1, -0.05) is 127 Å².